The van der Waals surface area contributed by atoms with Crippen LogP contribution in [-0.2, 0) is 9.59 Å². The number of ether oxygens (including phenoxy) is 1. The van der Waals surface area contributed by atoms with Crippen LogP contribution in [0.25, 0.3) is 22.0 Å². The van der Waals surface area contributed by atoms with Crippen LogP contribution in [0, 0.1) is 5.92 Å². The van der Waals surface area contributed by atoms with Gasteiger partial charge in [0.05, 0.1) is 11.4 Å². The van der Waals surface area contributed by atoms with Gasteiger partial charge in [0, 0.05) is 49.2 Å². The molecule has 8 heteroatoms. The van der Waals surface area contributed by atoms with Gasteiger partial charge in [-0.05, 0) is 49.6 Å². The van der Waals surface area contributed by atoms with E-state index in [9.17, 15) is 9.59 Å². The molecule has 0 unspecified atom stereocenters. The number of rotatable bonds is 5. The minimum atomic E-state index is -0.701. The zero-order chi connectivity index (χ0) is 24.4. The maximum absolute atomic E-state index is 13.1. The first kappa shape index (κ1) is 24.3. The molecule has 0 bridgehead atoms. The smallest absolute Gasteiger partial charge is 0.263 e. The molecule has 34 heavy (non-hydrogen) atoms. The molecule has 2 amide bonds. The van der Waals surface area contributed by atoms with Crippen LogP contribution in [0.2, 0.25) is 10.2 Å². The SMILES string of the molecule is C[C@@H](Oc1ccc2c(-c3ccccc3Cl)cc(Cl)nc2c1)C(=O)N1CCC[C@H](C(=O)N(C)C)C1. The number of likely N-dealkylation sites (tertiary alicyclic amines) is 1. The van der Waals surface area contributed by atoms with Crippen molar-refractivity contribution in [2.24, 2.45) is 5.92 Å². The van der Waals surface area contributed by atoms with Crippen molar-refractivity contribution in [2.75, 3.05) is 27.2 Å². The number of hydrogen-bond acceptors (Lipinski definition) is 4. The van der Waals surface area contributed by atoms with Gasteiger partial charge in [0.2, 0.25) is 5.91 Å². The van der Waals surface area contributed by atoms with Gasteiger partial charge >= 0.3 is 0 Å². The van der Waals surface area contributed by atoms with Crippen LogP contribution in [0.1, 0.15) is 19.8 Å². The highest BCUT2D eigenvalue weighted by Gasteiger charge is 2.31. The van der Waals surface area contributed by atoms with E-state index in [-0.39, 0.29) is 17.7 Å². The molecule has 3 aromatic rings. The Morgan fingerprint density at radius 1 is 1.12 bits per heavy atom. The van der Waals surface area contributed by atoms with E-state index in [2.05, 4.69) is 4.98 Å². The molecule has 0 saturated carbocycles. The second kappa shape index (κ2) is 10.2. The normalized spacial score (nSPS) is 16.9. The van der Waals surface area contributed by atoms with Crippen molar-refractivity contribution in [3.05, 3.63) is 58.7 Å². The lowest BCUT2D eigenvalue weighted by atomic mass is 9.96. The van der Waals surface area contributed by atoms with Gasteiger partial charge in [0.1, 0.15) is 10.9 Å². The molecule has 2 aromatic carbocycles. The number of halogens is 2. The maximum Gasteiger partial charge on any atom is 0.263 e. The number of pyridine rings is 1. The van der Waals surface area contributed by atoms with Gasteiger partial charge in [-0.1, -0.05) is 41.4 Å². The number of carbonyl (C=O) groups excluding carboxylic acids is 2. The van der Waals surface area contributed by atoms with Crippen molar-refractivity contribution in [2.45, 2.75) is 25.9 Å². The van der Waals surface area contributed by atoms with Crippen LogP contribution in [-0.4, -0.2) is 59.9 Å². The summed E-state index contributed by atoms with van der Waals surface area (Å²) in [5.41, 5.74) is 2.39. The average Bonchev–Trinajstić information content (AvgIpc) is 2.82. The van der Waals surface area contributed by atoms with E-state index in [1.807, 2.05) is 36.4 Å². The fourth-order valence-electron chi connectivity index (χ4n) is 4.41. The van der Waals surface area contributed by atoms with Gasteiger partial charge in [-0.3, -0.25) is 9.59 Å². The molecular weight excluding hydrogens is 473 g/mol. The zero-order valence-corrected chi connectivity index (χ0v) is 20.9. The third-order valence-corrected chi connectivity index (χ3v) is 6.62. The van der Waals surface area contributed by atoms with Gasteiger partial charge in [-0.2, -0.15) is 0 Å². The Kier molecular flexibility index (Phi) is 7.29. The first-order chi connectivity index (χ1) is 16.2. The number of aromatic nitrogens is 1. The van der Waals surface area contributed by atoms with Crippen molar-refractivity contribution in [1.82, 2.24) is 14.8 Å². The molecule has 0 aliphatic carbocycles. The lowest BCUT2D eigenvalue weighted by Crippen LogP contribution is -2.48. The number of nitrogens with zero attached hydrogens (tertiary/aromatic N) is 3. The number of hydrogen-bond donors (Lipinski definition) is 0. The molecule has 0 radical (unpaired) electrons. The maximum atomic E-state index is 13.1. The van der Waals surface area contributed by atoms with Crippen LogP contribution in [0.4, 0.5) is 0 Å². The number of fused-ring (bicyclic) bond motifs is 1. The minimum absolute atomic E-state index is 0.0536. The van der Waals surface area contributed by atoms with Gasteiger partial charge in [-0.15, -0.1) is 0 Å². The second-order valence-corrected chi connectivity index (χ2v) is 9.56. The average molecular weight is 500 g/mol. The Labute approximate surface area is 209 Å². The van der Waals surface area contributed by atoms with E-state index >= 15 is 0 Å². The predicted molar refractivity (Wildman–Crippen MR) is 135 cm³/mol. The fourth-order valence-corrected chi connectivity index (χ4v) is 4.85. The van der Waals surface area contributed by atoms with E-state index in [1.165, 1.54) is 0 Å². The first-order valence-electron chi connectivity index (χ1n) is 11.3. The lowest BCUT2D eigenvalue weighted by molar-refractivity contribution is -0.143. The van der Waals surface area contributed by atoms with E-state index in [0.717, 1.165) is 29.4 Å². The summed E-state index contributed by atoms with van der Waals surface area (Å²) in [6, 6.07) is 14.8. The van der Waals surface area contributed by atoms with Gasteiger partial charge in [0.25, 0.3) is 5.91 Å². The summed E-state index contributed by atoms with van der Waals surface area (Å²) >= 11 is 12.7. The summed E-state index contributed by atoms with van der Waals surface area (Å²) in [5.74, 6) is 0.270. The van der Waals surface area contributed by atoms with Crippen molar-refractivity contribution < 1.29 is 14.3 Å². The van der Waals surface area contributed by atoms with Crippen LogP contribution in [0.15, 0.2) is 48.5 Å². The highest BCUT2D eigenvalue weighted by Crippen LogP contribution is 2.35. The van der Waals surface area contributed by atoms with E-state index < -0.39 is 6.10 Å². The highest BCUT2D eigenvalue weighted by molar-refractivity contribution is 6.34. The molecular formula is C26H27Cl2N3O3. The van der Waals surface area contributed by atoms with Crippen LogP contribution < -0.4 is 4.74 Å². The van der Waals surface area contributed by atoms with Crippen LogP contribution in [0.5, 0.6) is 5.75 Å². The van der Waals surface area contributed by atoms with E-state index in [0.29, 0.717) is 34.5 Å². The highest BCUT2D eigenvalue weighted by atomic mass is 35.5. The summed E-state index contributed by atoms with van der Waals surface area (Å²) in [6.45, 7) is 2.77. The molecule has 0 spiro atoms. The molecule has 1 aliphatic heterocycles. The summed E-state index contributed by atoms with van der Waals surface area (Å²) in [4.78, 5) is 33.2. The van der Waals surface area contributed by atoms with Crippen molar-refractivity contribution >= 4 is 45.9 Å². The second-order valence-electron chi connectivity index (χ2n) is 8.77. The Balaban J connectivity index is 1.54. The molecule has 0 N–H and O–H groups in total. The summed E-state index contributed by atoms with van der Waals surface area (Å²) in [7, 11) is 3.48. The quantitative estimate of drug-likeness (QED) is 0.446. The molecule has 4 rings (SSSR count). The number of benzene rings is 2. The molecule has 178 valence electrons. The molecule has 2 atom stereocenters. The monoisotopic (exact) mass is 499 g/mol. The third-order valence-electron chi connectivity index (χ3n) is 6.10. The van der Waals surface area contributed by atoms with Crippen molar-refractivity contribution in [3.8, 4) is 16.9 Å². The Morgan fingerprint density at radius 3 is 2.62 bits per heavy atom. The summed E-state index contributed by atoms with van der Waals surface area (Å²) < 4.78 is 5.99. The van der Waals surface area contributed by atoms with E-state index in [4.69, 9.17) is 27.9 Å². The molecule has 1 aromatic heterocycles. The largest absolute Gasteiger partial charge is 0.481 e. The first-order valence-corrected chi connectivity index (χ1v) is 12.0. The standard InChI is InChI=1S/C26H27Cl2N3O3/c1-16(25(32)31-12-6-7-17(15-31)26(33)30(2)3)34-18-10-11-20-21(14-24(28)29-23(20)13-18)19-8-4-5-9-22(19)27/h4-5,8-11,13-14,16-17H,6-7,12,15H2,1-3H3/t16-,17+/m1/s1. The fraction of sp³-hybridized carbons (Fsp3) is 0.346. The number of piperidine rings is 1. The van der Waals surface area contributed by atoms with Crippen LogP contribution in [0.3, 0.4) is 0 Å². The zero-order valence-electron chi connectivity index (χ0n) is 19.4. The van der Waals surface area contributed by atoms with Gasteiger partial charge in [0.15, 0.2) is 6.10 Å². The Morgan fingerprint density at radius 2 is 1.88 bits per heavy atom. The molecule has 1 saturated heterocycles. The topological polar surface area (TPSA) is 62.7 Å². The lowest BCUT2D eigenvalue weighted by Gasteiger charge is -2.34. The van der Waals surface area contributed by atoms with Gasteiger partial charge in [-0.25, -0.2) is 4.98 Å². The van der Waals surface area contributed by atoms with Crippen LogP contribution >= 0.6 is 23.2 Å². The molecule has 1 aliphatic rings. The van der Waals surface area contributed by atoms with Crippen molar-refractivity contribution in [3.63, 3.8) is 0 Å². The summed E-state index contributed by atoms with van der Waals surface area (Å²) in [6.07, 6.45) is 0.889. The minimum Gasteiger partial charge on any atom is -0.481 e. The predicted octanol–water partition coefficient (Wildman–Crippen LogP) is 5.30. The Bertz CT molecular complexity index is 1230. The molecule has 6 nitrogen and oxygen atoms in total. The molecule has 2 heterocycles. The third kappa shape index (κ3) is 5.13. The Hall–Kier alpha value is -2.83. The number of amides is 2. The van der Waals surface area contributed by atoms with Crippen molar-refractivity contribution in [1.29, 1.82) is 0 Å². The number of carbonyl (C=O) groups is 2. The van der Waals surface area contributed by atoms with E-state index in [1.54, 1.807) is 43.0 Å². The van der Waals surface area contributed by atoms with Gasteiger partial charge < -0.3 is 14.5 Å². The molecule has 1 fully saturated rings. The summed E-state index contributed by atoms with van der Waals surface area (Å²) in [5, 5.41) is 1.84.